The summed E-state index contributed by atoms with van der Waals surface area (Å²) in [6.45, 7) is 6.02. The highest BCUT2D eigenvalue weighted by atomic mass is 79.9. The van der Waals surface area contributed by atoms with Gasteiger partial charge in [0.05, 0.1) is 12.2 Å². The van der Waals surface area contributed by atoms with E-state index in [0.717, 1.165) is 4.47 Å². The smallest absolute Gasteiger partial charge is 0.261 e. The van der Waals surface area contributed by atoms with Gasteiger partial charge in [-0.25, -0.2) is 0 Å². The van der Waals surface area contributed by atoms with Crippen molar-refractivity contribution in [3.63, 3.8) is 0 Å². The quantitative estimate of drug-likeness (QED) is 0.546. The number of benzene rings is 2. The summed E-state index contributed by atoms with van der Waals surface area (Å²) in [7, 11) is 0. The molecule has 8 heteroatoms. The number of carbonyl (C=O) groups excluding carboxylic acids is 2. The van der Waals surface area contributed by atoms with Gasteiger partial charge in [0.15, 0.2) is 5.11 Å². The molecular formula is C20H22BrN3O3S. The summed E-state index contributed by atoms with van der Waals surface area (Å²) in [4.78, 5) is 23.7. The number of amides is 2. The summed E-state index contributed by atoms with van der Waals surface area (Å²) in [5.41, 5.74) is 1.75. The summed E-state index contributed by atoms with van der Waals surface area (Å²) >= 11 is 8.61. The van der Waals surface area contributed by atoms with E-state index in [1.165, 1.54) is 6.92 Å². The molecule has 148 valence electrons. The van der Waals surface area contributed by atoms with Crippen LogP contribution in [0.3, 0.4) is 0 Å². The van der Waals surface area contributed by atoms with Gasteiger partial charge in [-0.3, -0.25) is 14.9 Å². The van der Waals surface area contributed by atoms with Crippen molar-refractivity contribution < 1.29 is 14.3 Å². The highest BCUT2D eigenvalue weighted by Crippen LogP contribution is 2.24. The van der Waals surface area contributed by atoms with Gasteiger partial charge in [0.2, 0.25) is 5.91 Å². The summed E-state index contributed by atoms with van der Waals surface area (Å²) < 4.78 is 6.51. The molecule has 0 aliphatic heterocycles. The molecule has 0 heterocycles. The Labute approximate surface area is 178 Å². The number of carbonyl (C=O) groups is 2. The lowest BCUT2D eigenvalue weighted by Crippen LogP contribution is -2.34. The first-order valence-electron chi connectivity index (χ1n) is 8.67. The van der Waals surface area contributed by atoms with E-state index in [1.807, 2.05) is 19.9 Å². The number of thiocarbonyl (C=S) groups is 1. The average molecular weight is 464 g/mol. The summed E-state index contributed by atoms with van der Waals surface area (Å²) in [5, 5.41) is 8.44. The van der Waals surface area contributed by atoms with Crippen molar-refractivity contribution in [3.05, 3.63) is 52.5 Å². The Bertz CT molecular complexity index is 869. The Morgan fingerprint density at radius 2 is 1.68 bits per heavy atom. The Morgan fingerprint density at radius 3 is 2.25 bits per heavy atom. The van der Waals surface area contributed by atoms with Crippen LogP contribution in [0.25, 0.3) is 0 Å². The minimum absolute atomic E-state index is 0.145. The molecule has 0 radical (unpaired) electrons. The largest absolute Gasteiger partial charge is 0.492 e. The molecular weight excluding hydrogens is 442 g/mol. The highest BCUT2D eigenvalue weighted by Gasteiger charge is 2.15. The number of hydrogen-bond donors (Lipinski definition) is 3. The predicted octanol–water partition coefficient (Wildman–Crippen LogP) is 4.57. The second kappa shape index (κ2) is 10.2. The number of rotatable bonds is 6. The molecule has 0 atom stereocenters. The number of hydrogen-bond acceptors (Lipinski definition) is 4. The molecule has 0 aromatic heterocycles. The summed E-state index contributed by atoms with van der Waals surface area (Å²) in [5.74, 6) is 0.319. The van der Waals surface area contributed by atoms with Gasteiger partial charge in [-0.1, -0.05) is 29.8 Å². The fraction of sp³-hybridized carbons (Fsp3) is 0.250. The molecule has 0 spiro atoms. The normalized spacial score (nSPS) is 10.3. The molecule has 0 saturated heterocycles. The first-order valence-corrected chi connectivity index (χ1v) is 9.87. The molecule has 2 rings (SSSR count). The van der Waals surface area contributed by atoms with Crippen LogP contribution in [-0.2, 0) is 4.79 Å². The van der Waals surface area contributed by atoms with E-state index in [1.54, 1.807) is 36.4 Å². The van der Waals surface area contributed by atoms with E-state index in [-0.39, 0.29) is 16.9 Å². The third kappa shape index (κ3) is 6.94. The molecule has 0 saturated carbocycles. The highest BCUT2D eigenvalue weighted by molar-refractivity contribution is 9.10. The van der Waals surface area contributed by atoms with Crippen molar-refractivity contribution in [2.24, 2.45) is 5.92 Å². The molecule has 0 bridgehead atoms. The SMILES string of the molecule is CC(=O)Nc1ccc(NC(=S)NC(=O)c2cc(Br)ccc2OCC(C)C)cc1. The third-order valence-electron chi connectivity index (χ3n) is 3.45. The average Bonchev–Trinajstić information content (AvgIpc) is 2.61. The first-order chi connectivity index (χ1) is 13.2. The lowest BCUT2D eigenvalue weighted by Gasteiger charge is -2.14. The molecule has 0 aliphatic carbocycles. The molecule has 3 N–H and O–H groups in total. The fourth-order valence-electron chi connectivity index (χ4n) is 2.23. The van der Waals surface area contributed by atoms with Crippen LogP contribution in [0, 0.1) is 5.92 Å². The van der Waals surface area contributed by atoms with Crippen LogP contribution in [0.2, 0.25) is 0 Å². The van der Waals surface area contributed by atoms with Crippen LogP contribution in [0.4, 0.5) is 11.4 Å². The molecule has 2 amide bonds. The second-order valence-electron chi connectivity index (χ2n) is 6.51. The first kappa shape index (κ1) is 21.8. The van der Waals surface area contributed by atoms with Crippen molar-refractivity contribution in [2.45, 2.75) is 20.8 Å². The Kier molecular flexibility index (Phi) is 7.95. The van der Waals surface area contributed by atoms with Gasteiger partial charge in [0, 0.05) is 22.8 Å². The maximum absolute atomic E-state index is 12.7. The fourth-order valence-corrected chi connectivity index (χ4v) is 2.81. The van der Waals surface area contributed by atoms with E-state index in [2.05, 4.69) is 31.9 Å². The molecule has 0 fully saturated rings. The summed E-state index contributed by atoms with van der Waals surface area (Å²) in [6.07, 6.45) is 0. The Hall–Kier alpha value is -2.45. The van der Waals surface area contributed by atoms with Crippen molar-refractivity contribution in [2.75, 3.05) is 17.2 Å². The molecule has 28 heavy (non-hydrogen) atoms. The van der Waals surface area contributed by atoms with Crippen molar-refractivity contribution >= 4 is 56.4 Å². The molecule has 6 nitrogen and oxygen atoms in total. The van der Waals surface area contributed by atoms with Gasteiger partial charge in [0.1, 0.15) is 5.75 Å². The van der Waals surface area contributed by atoms with Crippen LogP contribution in [0.1, 0.15) is 31.1 Å². The maximum atomic E-state index is 12.7. The van der Waals surface area contributed by atoms with Gasteiger partial charge >= 0.3 is 0 Å². The lowest BCUT2D eigenvalue weighted by molar-refractivity contribution is -0.114. The monoisotopic (exact) mass is 463 g/mol. The second-order valence-corrected chi connectivity index (χ2v) is 7.84. The standard InChI is InChI=1S/C20H22BrN3O3S/c1-12(2)11-27-18-9-4-14(21)10-17(18)19(26)24-20(28)23-16-7-5-15(6-8-16)22-13(3)25/h4-10,12H,11H2,1-3H3,(H,22,25)(H2,23,24,26,28). The maximum Gasteiger partial charge on any atom is 0.261 e. The third-order valence-corrected chi connectivity index (χ3v) is 4.15. The zero-order valence-corrected chi connectivity index (χ0v) is 18.2. The lowest BCUT2D eigenvalue weighted by atomic mass is 10.2. The van der Waals surface area contributed by atoms with Gasteiger partial charge in [-0.2, -0.15) is 0 Å². The molecule has 2 aromatic carbocycles. The van der Waals surface area contributed by atoms with E-state index in [4.69, 9.17) is 17.0 Å². The number of anilines is 2. The minimum Gasteiger partial charge on any atom is -0.492 e. The predicted molar refractivity (Wildman–Crippen MR) is 119 cm³/mol. The van der Waals surface area contributed by atoms with Crippen molar-refractivity contribution in [1.82, 2.24) is 5.32 Å². The van der Waals surface area contributed by atoms with Gasteiger partial charge in [-0.15, -0.1) is 0 Å². The molecule has 0 aliphatic rings. The topological polar surface area (TPSA) is 79.5 Å². The molecule has 2 aromatic rings. The Morgan fingerprint density at radius 1 is 1.07 bits per heavy atom. The van der Waals surface area contributed by atoms with Crippen LogP contribution in [-0.4, -0.2) is 23.5 Å². The number of ether oxygens (including phenoxy) is 1. The van der Waals surface area contributed by atoms with Crippen molar-refractivity contribution in [1.29, 1.82) is 0 Å². The Balaban J connectivity index is 2.03. The van der Waals surface area contributed by atoms with Crippen molar-refractivity contribution in [3.8, 4) is 5.75 Å². The zero-order chi connectivity index (χ0) is 20.7. The minimum atomic E-state index is -0.368. The van der Waals surface area contributed by atoms with Crippen LogP contribution < -0.4 is 20.7 Å². The zero-order valence-electron chi connectivity index (χ0n) is 15.8. The number of halogens is 1. The van der Waals surface area contributed by atoms with E-state index in [0.29, 0.717) is 35.2 Å². The van der Waals surface area contributed by atoms with Gasteiger partial charge < -0.3 is 15.4 Å². The van der Waals surface area contributed by atoms with Crippen LogP contribution in [0.5, 0.6) is 5.75 Å². The van der Waals surface area contributed by atoms with E-state index >= 15 is 0 Å². The number of nitrogens with one attached hydrogen (secondary N) is 3. The van der Waals surface area contributed by atoms with Crippen LogP contribution >= 0.6 is 28.1 Å². The van der Waals surface area contributed by atoms with E-state index < -0.39 is 0 Å². The van der Waals surface area contributed by atoms with E-state index in [9.17, 15) is 9.59 Å². The van der Waals surface area contributed by atoms with Gasteiger partial charge in [-0.05, 0) is 60.6 Å². The van der Waals surface area contributed by atoms with Gasteiger partial charge in [0.25, 0.3) is 5.91 Å². The summed E-state index contributed by atoms with van der Waals surface area (Å²) in [6, 6.07) is 12.2. The molecule has 0 unspecified atom stereocenters. The van der Waals surface area contributed by atoms with Crippen LogP contribution in [0.15, 0.2) is 46.9 Å².